The summed E-state index contributed by atoms with van der Waals surface area (Å²) >= 11 is 0. The first-order valence-corrected chi connectivity index (χ1v) is 10.1. The Labute approximate surface area is 180 Å². The predicted molar refractivity (Wildman–Crippen MR) is 119 cm³/mol. The predicted octanol–water partition coefficient (Wildman–Crippen LogP) is 4.12. The van der Waals surface area contributed by atoms with Crippen LogP contribution in [0.2, 0.25) is 0 Å². The van der Waals surface area contributed by atoms with Crippen LogP contribution >= 0.6 is 0 Å². The van der Waals surface area contributed by atoms with Gasteiger partial charge < -0.3 is 10.1 Å². The number of hydrogen-bond donors (Lipinski definition) is 1. The lowest BCUT2D eigenvalue weighted by Gasteiger charge is -2.09. The Morgan fingerprint density at radius 3 is 2.48 bits per heavy atom. The molecule has 0 aliphatic carbocycles. The van der Waals surface area contributed by atoms with E-state index < -0.39 is 5.97 Å². The lowest BCUT2D eigenvalue weighted by Crippen LogP contribution is -2.28. The summed E-state index contributed by atoms with van der Waals surface area (Å²) in [6, 6.07) is 22.9. The van der Waals surface area contributed by atoms with Gasteiger partial charge in [0.15, 0.2) is 6.61 Å². The van der Waals surface area contributed by atoms with Crippen molar-refractivity contribution in [3.8, 4) is 5.69 Å². The van der Waals surface area contributed by atoms with Gasteiger partial charge in [-0.25, -0.2) is 9.78 Å². The number of benzene rings is 3. The molecule has 0 saturated carbocycles. The zero-order chi connectivity index (χ0) is 21.8. The molecule has 0 fully saturated rings. The van der Waals surface area contributed by atoms with Crippen LogP contribution in [0.5, 0.6) is 0 Å². The average molecular weight is 413 g/mol. The third kappa shape index (κ3) is 4.48. The van der Waals surface area contributed by atoms with Gasteiger partial charge >= 0.3 is 5.97 Å². The van der Waals surface area contributed by atoms with Crippen molar-refractivity contribution in [1.82, 2.24) is 14.9 Å². The summed E-state index contributed by atoms with van der Waals surface area (Å²) in [6.45, 7) is 3.97. The molecule has 1 amide bonds. The van der Waals surface area contributed by atoms with E-state index in [1.54, 1.807) is 12.1 Å². The molecule has 1 N–H and O–H groups in total. The van der Waals surface area contributed by atoms with Crippen LogP contribution in [0, 0.1) is 13.8 Å². The van der Waals surface area contributed by atoms with Gasteiger partial charge in [0.25, 0.3) is 5.91 Å². The van der Waals surface area contributed by atoms with Crippen LogP contribution in [0.1, 0.15) is 27.3 Å². The SMILES string of the molecule is Cc1ccccc1CNC(=O)COC(=O)c1ccc2c(c1)nc(C)n2-c1ccccc1. The van der Waals surface area contributed by atoms with Gasteiger partial charge in [0.05, 0.1) is 16.6 Å². The van der Waals surface area contributed by atoms with Gasteiger partial charge in [-0.15, -0.1) is 0 Å². The number of esters is 1. The molecule has 0 saturated heterocycles. The Morgan fingerprint density at radius 1 is 0.968 bits per heavy atom. The van der Waals surface area contributed by atoms with E-state index in [0.717, 1.165) is 28.2 Å². The molecule has 0 bridgehead atoms. The third-order valence-electron chi connectivity index (χ3n) is 5.14. The number of carbonyl (C=O) groups excluding carboxylic acids is 2. The summed E-state index contributed by atoms with van der Waals surface area (Å²) in [6.07, 6.45) is 0. The lowest BCUT2D eigenvalue weighted by atomic mass is 10.1. The molecule has 0 atom stereocenters. The average Bonchev–Trinajstić information content (AvgIpc) is 3.12. The molecule has 0 aliphatic heterocycles. The monoisotopic (exact) mass is 413 g/mol. The van der Waals surface area contributed by atoms with Crippen LogP contribution in [0.15, 0.2) is 72.8 Å². The van der Waals surface area contributed by atoms with Crippen molar-refractivity contribution >= 4 is 22.9 Å². The minimum Gasteiger partial charge on any atom is -0.452 e. The fourth-order valence-electron chi connectivity index (χ4n) is 3.50. The Morgan fingerprint density at radius 2 is 1.71 bits per heavy atom. The molecule has 31 heavy (non-hydrogen) atoms. The van der Waals surface area contributed by atoms with E-state index in [-0.39, 0.29) is 12.5 Å². The highest BCUT2D eigenvalue weighted by Crippen LogP contribution is 2.22. The lowest BCUT2D eigenvalue weighted by molar-refractivity contribution is -0.124. The minimum absolute atomic E-state index is 0.333. The topological polar surface area (TPSA) is 73.2 Å². The number of nitrogens with one attached hydrogen (secondary N) is 1. The molecule has 156 valence electrons. The van der Waals surface area contributed by atoms with E-state index in [9.17, 15) is 9.59 Å². The number of carbonyl (C=O) groups is 2. The largest absolute Gasteiger partial charge is 0.452 e. The van der Waals surface area contributed by atoms with Crippen LogP contribution < -0.4 is 5.32 Å². The highest BCUT2D eigenvalue weighted by atomic mass is 16.5. The van der Waals surface area contributed by atoms with Gasteiger partial charge in [0, 0.05) is 12.2 Å². The summed E-state index contributed by atoms with van der Waals surface area (Å²) in [5.74, 6) is -0.0796. The van der Waals surface area contributed by atoms with Gasteiger partial charge in [-0.05, 0) is 55.3 Å². The Balaban J connectivity index is 1.41. The molecular weight excluding hydrogens is 390 g/mol. The zero-order valence-electron chi connectivity index (χ0n) is 17.5. The molecule has 0 aliphatic rings. The Kier molecular flexibility index (Phi) is 5.80. The molecule has 4 aromatic rings. The first-order chi connectivity index (χ1) is 15.0. The second-order valence-corrected chi connectivity index (χ2v) is 7.31. The maximum absolute atomic E-state index is 12.4. The molecule has 6 heteroatoms. The number of nitrogens with zero attached hydrogens (tertiary/aromatic N) is 2. The number of imidazole rings is 1. The normalized spacial score (nSPS) is 10.8. The molecule has 1 aromatic heterocycles. The van der Waals surface area contributed by atoms with Crippen LogP contribution in [0.3, 0.4) is 0 Å². The molecule has 0 radical (unpaired) electrons. The van der Waals surface area contributed by atoms with Crippen LogP contribution in [-0.2, 0) is 16.1 Å². The number of rotatable bonds is 6. The standard InChI is InChI=1S/C25H23N3O3/c1-17-8-6-7-9-20(17)15-26-24(29)16-31-25(30)19-12-13-23-22(14-19)27-18(2)28(23)21-10-4-3-5-11-21/h3-14H,15-16H2,1-2H3,(H,26,29). The maximum atomic E-state index is 12.4. The number of para-hydroxylation sites is 1. The van der Waals surface area contributed by atoms with Crippen LogP contribution in [-0.4, -0.2) is 28.0 Å². The zero-order valence-corrected chi connectivity index (χ0v) is 17.5. The van der Waals surface area contributed by atoms with Gasteiger partial charge in [-0.3, -0.25) is 9.36 Å². The summed E-state index contributed by atoms with van der Waals surface area (Å²) in [5.41, 5.74) is 5.08. The van der Waals surface area contributed by atoms with Crippen molar-refractivity contribution in [1.29, 1.82) is 0 Å². The number of aryl methyl sites for hydroxylation is 2. The molecule has 0 unspecified atom stereocenters. The van der Waals surface area contributed by atoms with E-state index in [4.69, 9.17) is 4.74 Å². The smallest absolute Gasteiger partial charge is 0.338 e. The number of amides is 1. The van der Waals surface area contributed by atoms with E-state index in [0.29, 0.717) is 17.6 Å². The number of hydrogen-bond acceptors (Lipinski definition) is 4. The molecule has 3 aromatic carbocycles. The molecule has 1 heterocycles. The van der Waals surface area contributed by atoms with Gasteiger partial charge in [-0.1, -0.05) is 42.5 Å². The van der Waals surface area contributed by atoms with E-state index in [1.165, 1.54) is 0 Å². The Bertz CT molecular complexity index is 1250. The van der Waals surface area contributed by atoms with E-state index in [2.05, 4.69) is 10.3 Å². The summed E-state index contributed by atoms with van der Waals surface area (Å²) in [7, 11) is 0. The first-order valence-electron chi connectivity index (χ1n) is 10.1. The van der Waals surface area contributed by atoms with Gasteiger partial charge in [0.2, 0.25) is 0 Å². The number of ether oxygens (including phenoxy) is 1. The van der Waals surface area contributed by atoms with Gasteiger partial charge in [0.1, 0.15) is 5.82 Å². The van der Waals surface area contributed by atoms with Gasteiger partial charge in [-0.2, -0.15) is 0 Å². The second kappa shape index (κ2) is 8.83. The highest BCUT2D eigenvalue weighted by Gasteiger charge is 2.15. The van der Waals surface area contributed by atoms with Crippen LogP contribution in [0.4, 0.5) is 0 Å². The molecule has 6 nitrogen and oxygen atoms in total. The maximum Gasteiger partial charge on any atom is 0.338 e. The third-order valence-corrected chi connectivity index (χ3v) is 5.14. The first kappa shape index (κ1) is 20.3. The number of fused-ring (bicyclic) bond motifs is 1. The van der Waals surface area contributed by atoms with Crippen molar-refractivity contribution in [3.05, 3.63) is 95.3 Å². The molecular formula is C25H23N3O3. The van der Waals surface area contributed by atoms with E-state index in [1.807, 2.05) is 79.1 Å². The summed E-state index contributed by atoms with van der Waals surface area (Å²) < 4.78 is 7.22. The quantitative estimate of drug-likeness (QED) is 0.483. The summed E-state index contributed by atoms with van der Waals surface area (Å²) in [5, 5.41) is 2.77. The number of aromatic nitrogens is 2. The van der Waals surface area contributed by atoms with Crippen molar-refractivity contribution in [2.45, 2.75) is 20.4 Å². The minimum atomic E-state index is -0.556. The van der Waals surface area contributed by atoms with Crippen LogP contribution in [0.25, 0.3) is 16.7 Å². The molecule has 0 spiro atoms. The second-order valence-electron chi connectivity index (χ2n) is 7.31. The fraction of sp³-hybridized carbons (Fsp3) is 0.160. The van der Waals surface area contributed by atoms with Crippen molar-refractivity contribution in [2.24, 2.45) is 0 Å². The summed E-state index contributed by atoms with van der Waals surface area (Å²) in [4.78, 5) is 29.1. The van der Waals surface area contributed by atoms with Crippen molar-refractivity contribution < 1.29 is 14.3 Å². The van der Waals surface area contributed by atoms with E-state index >= 15 is 0 Å². The fourth-order valence-corrected chi connectivity index (χ4v) is 3.50. The van der Waals surface area contributed by atoms with Crippen molar-refractivity contribution in [2.75, 3.05) is 6.61 Å². The Hall–Kier alpha value is -3.93. The van der Waals surface area contributed by atoms with Crippen molar-refractivity contribution in [3.63, 3.8) is 0 Å². The molecule has 4 rings (SSSR count). The highest BCUT2D eigenvalue weighted by molar-refractivity contribution is 5.95.